The van der Waals surface area contributed by atoms with Gasteiger partial charge < -0.3 is 0 Å². The predicted octanol–water partition coefficient (Wildman–Crippen LogP) is 2.88. The summed E-state index contributed by atoms with van der Waals surface area (Å²) in [6, 6.07) is 1.66. The van der Waals surface area contributed by atoms with Gasteiger partial charge in [0.25, 0.3) is 9.05 Å². The van der Waals surface area contributed by atoms with E-state index in [0.717, 1.165) is 0 Å². The van der Waals surface area contributed by atoms with E-state index >= 15 is 0 Å². The maximum absolute atomic E-state index is 11.1. The van der Waals surface area contributed by atoms with Gasteiger partial charge in [0.2, 0.25) is 0 Å². The van der Waals surface area contributed by atoms with Gasteiger partial charge in [0.15, 0.2) is 0 Å². The molecule has 2 heterocycles. The Kier molecular flexibility index (Phi) is 2.43. The third-order valence-corrected chi connectivity index (χ3v) is 4.35. The molecule has 0 atom stereocenters. The van der Waals surface area contributed by atoms with Gasteiger partial charge in [0, 0.05) is 22.3 Å². The van der Waals surface area contributed by atoms with Crippen LogP contribution in [0.2, 0.25) is 5.15 Å². The van der Waals surface area contributed by atoms with Crippen LogP contribution in [-0.4, -0.2) is 13.4 Å². The summed E-state index contributed by atoms with van der Waals surface area (Å²) in [5.74, 6) is 0. The Morgan fingerprint density at radius 2 is 2.14 bits per heavy atom. The van der Waals surface area contributed by atoms with Crippen LogP contribution in [0.5, 0.6) is 0 Å². The van der Waals surface area contributed by atoms with Gasteiger partial charge in [-0.05, 0) is 11.4 Å². The number of hydrogen-bond acceptors (Lipinski definition) is 4. The molecular formula is C7H3Cl2NO2S2. The Morgan fingerprint density at radius 3 is 2.79 bits per heavy atom. The Labute approximate surface area is 93.7 Å². The molecule has 0 spiro atoms. The van der Waals surface area contributed by atoms with E-state index in [0.29, 0.717) is 15.2 Å². The highest BCUT2D eigenvalue weighted by molar-refractivity contribution is 8.14. The quantitative estimate of drug-likeness (QED) is 0.590. The minimum Gasteiger partial charge on any atom is -0.242 e. The standard InChI is InChI=1S/C7H3Cl2NO2S2/c8-7-6-4(1-2-13-6)5(3-10-7)14(9,11)12/h1-3H. The van der Waals surface area contributed by atoms with Crippen LogP contribution in [0, 0.1) is 0 Å². The molecule has 0 aliphatic heterocycles. The van der Waals surface area contributed by atoms with Crippen LogP contribution in [0.1, 0.15) is 0 Å². The molecule has 0 saturated carbocycles. The molecule has 2 aromatic rings. The predicted molar refractivity (Wildman–Crippen MR) is 57.7 cm³/mol. The third-order valence-electron chi connectivity index (χ3n) is 1.68. The highest BCUT2D eigenvalue weighted by Gasteiger charge is 2.17. The van der Waals surface area contributed by atoms with Crippen molar-refractivity contribution in [2.24, 2.45) is 0 Å². The van der Waals surface area contributed by atoms with E-state index in [1.165, 1.54) is 17.5 Å². The molecule has 0 unspecified atom stereocenters. The second kappa shape index (κ2) is 3.34. The van der Waals surface area contributed by atoms with Crippen molar-refractivity contribution in [3.8, 4) is 0 Å². The fourth-order valence-electron chi connectivity index (χ4n) is 1.10. The largest absolute Gasteiger partial charge is 0.263 e. The minimum absolute atomic E-state index is 0.000170. The van der Waals surface area contributed by atoms with Crippen LogP contribution in [0.3, 0.4) is 0 Å². The summed E-state index contributed by atoms with van der Waals surface area (Å²) in [5.41, 5.74) is 0. The molecule has 0 fully saturated rings. The summed E-state index contributed by atoms with van der Waals surface area (Å²) < 4.78 is 22.9. The number of thiophene rings is 1. The topological polar surface area (TPSA) is 47.0 Å². The van der Waals surface area contributed by atoms with Gasteiger partial charge >= 0.3 is 0 Å². The van der Waals surface area contributed by atoms with Crippen LogP contribution in [-0.2, 0) is 9.05 Å². The van der Waals surface area contributed by atoms with E-state index in [1.54, 1.807) is 11.4 Å². The zero-order valence-electron chi connectivity index (χ0n) is 6.57. The van der Waals surface area contributed by atoms with Gasteiger partial charge in [-0.25, -0.2) is 13.4 Å². The van der Waals surface area contributed by atoms with Crippen LogP contribution in [0.4, 0.5) is 0 Å². The third kappa shape index (κ3) is 1.61. The second-order valence-corrected chi connectivity index (χ2v) is 6.32. The number of fused-ring (bicyclic) bond motifs is 1. The van der Waals surface area contributed by atoms with E-state index in [1.807, 2.05) is 0 Å². The molecule has 0 aliphatic carbocycles. The lowest BCUT2D eigenvalue weighted by atomic mass is 10.3. The SMILES string of the molecule is O=S(=O)(Cl)c1cnc(Cl)c2sccc12. The molecule has 0 saturated heterocycles. The van der Waals surface area contributed by atoms with E-state index in [4.69, 9.17) is 22.3 Å². The zero-order valence-corrected chi connectivity index (χ0v) is 9.71. The maximum Gasteiger partial charge on any atom is 0.263 e. The van der Waals surface area contributed by atoms with Crippen molar-refractivity contribution in [2.75, 3.05) is 0 Å². The molecule has 0 N–H and O–H groups in total. The van der Waals surface area contributed by atoms with E-state index < -0.39 is 9.05 Å². The minimum atomic E-state index is -3.76. The first-order valence-corrected chi connectivity index (χ1v) is 7.03. The van der Waals surface area contributed by atoms with Crippen LogP contribution in [0.15, 0.2) is 22.5 Å². The van der Waals surface area contributed by atoms with E-state index in [2.05, 4.69) is 4.98 Å². The summed E-state index contributed by atoms with van der Waals surface area (Å²) in [6.07, 6.45) is 1.17. The fourth-order valence-corrected chi connectivity index (χ4v) is 3.23. The lowest BCUT2D eigenvalue weighted by Gasteiger charge is -1.98. The van der Waals surface area contributed by atoms with Crippen LogP contribution in [0.25, 0.3) is 10.1 Å². The molecule has 0 amide bonds. The Balaban J connectivity index is 2.93. The van der Waals surface area contributed by atoms with Gasteiger partial charge in [0.1, 0.15) is 10.0 Å². The van der Waals surface area contributed by atoms with Crippen LogP contribution < -0.4 is 0 Å². The fraction of sp³-hybridized carbons (Fsp3) is 0. The van der Waals surface area contributed by atoms with Crippen molar-refractivity contribution in [2.45, 2.75) is 4.90 Å². The van der Waals surface area contributed by atoms with Gasteiger partial charge in [-0.15, -0.1) is 11.3 Å². The van der Waals surface area contributed by atoms with E-state index in [9.17, 15) is 8.42 Å². The van der Waals surface area contributed by atoms with Crippen molar-refractivity contribution < 1.29 is 8.42 Å². The molecule has 3 nitrogen and oxygen atoms in total. The average molecular weight is 268 g/mol. The van der Waals surface area contributed by atoms with Crippen molar-refractivity contribution in [1.82, 2.24) is 4.98 Å². The monoisotopic (exact) mass is 267 g/mol. The number of pyridine rings is 1. The number of aromatic nitrogens is 1. The van der Waals surface area contributed by atoms with Crippen molar-refractivity contribution in [3.05, 3.63) is 22.8 Å². The molecule has 74 valence electrons. The van der Waals surface area contributed by atoms with Gasteiger partial charge in [-0.2, -0.15) is 0 Å². The van der Waals surface area contributed by atoms with Gasteiger partial charge in [-0.3, -0.25) is 0 Å². The highest BCUT2D eigenvalue weighted by atomic mass is 35.7. The summed E-state index contributed by atoms with van der Waals surface area (Å²) in [6.45, 7) is 0. The number of hydrogen-bond donors (Lipinski definition) is 0. The highest BCUT2D eigenvalue weighted by Crippen LogP contribution is 2.32. The lowest BCUT2D eigenvalue weighted by molar-refractivity contribution is 0.610. The lowest BCUT2D eigenvalue weighted by Crippen LogP contribution is -1.92. The van der Waals surface area contributed by atoms with Crippen molar-refractivity contribution in [3.63, 3.8) is 0 Å². The Bertz CT molecular complexity index is 591. The Hall–Kier alpha value is -0.360. The number of rotatable bonds is 1. The molecule has 0 bridgehead atoms. The van der Waals surface area contributed by atoms with E-state index in [-0.39, 0.29) is 4.90 Å². The first-order chi connectivity index (χ1) is 6.50. The molecule has 0 aromatic carbocycles. The van der Waals surface area contributed by atoms with Crippen LogP contribution >= 0.6 is 33.6 Å². The average Bonchev–Trinajstić information content (AvgIpc) is 2.50. The molecule has 2 aromatic heterocycles. The molecule has 14 heavy (non-hydrogen) atoms. The van der Waals surface area contributed by atoms with Crippen molar-refractivity contribution in [1.29, 1.82) is 0 Å². The van der Waals surface area contributed by atoms with Gasteiger partial charge in [-0.1, -0.05) is 11.6 Å². The number of halogens is 2. The molecule has 2 rings (SSSR count). The molecule has 0 radical (unpaired) electrons. The first-order valence-electron chi connectivity index (χ1n) is 3.46. The normalized spacial score (nSPS) is 12.1. The smallest absolute Gasteiger partial charge is 0.242 e. The summed E-state index contributed by atoms with van der Waals surface area (Å²) in [4.78, 5) is 3.76. The van der Waals surface area contributed by atoms with Crippen molar-refractivity contribution >= 4 is 52.8 Å². The number of nitrogens with zero attached hydrogens (tertiary/aromatic N) is 1. The molecule has 0 aliphatic rings. The first kappa shape index (κ1) is 10.2. The second-order valence-electron chi connectivity index (χ2n) is 2.51. The summed E-state index contributed by atoms with van der Waals surface area (Å²) in [7, 11) is 1.48. The van der Waals surface area contributed by atoms with Gasteiger partial charge in [0.05, 0.1) is 4.70 Å². The molecular weight excluding hydrogens is 265 g/mol. The Morgan fingerprint density at radius 1 is 1.43 bits per heavy atom. The maximum atomic E-state index is 11.1. The molecule has 7 heteroatoms. The zero-order chi connectivity index (χ0) is 10.3. The summed E-state index contributed by atoms with van der Waals surface area (Å²) in [5, 5.41) is 2.55. The summed E-state index contributed by atoms with van der Waals surface area (Å²) >= 11 is 7.11.